The van der Waals surface area contributed by atoms with Crippen LogP contribution in [0.3, 0.4) is 0 Å². The number of fused-ring (bicyclic) bond motifs is 1. The minimum Gasteiger partial charge on any atom is -0.486 e. The van der Waals surface area contributed by atoms with Crippen molar-refractivity contribution in [3.8, 4) is 11.5 Å². The highest BCUT2D eigenvalue weighted by molar-refractivity contribution is 7.89. The van der Waals surface area contributed by atoms with E-state index in [1.165, 1.54) is 16.4 Å². The summed E-state index contributed by atoms with van der Waals surface area (Å²) in [5.74, 6) is 0.982. The molecule has 0 saturated carbocycles. The predicted octanol–water partition coefficient (Wildman–Crippen LogP) is 3.49. The highest BCUT2D eigenvalue weighted by atomic mass is 35.5. The van der Waals surface area contributed by atoms with E-state index in [-0.39, 0.29) is 18.0 Å². The van der Waals surface area contributed by atoms with Crippen LogP contribution in [0.5, 0.6) is 11.5 Å². The van der Waals surface area contributed by atoms with Crippen LogP contribution in [0.25, 0.3) is 0 Å². The van der Waals surface area contributed by atoms with Crippen LogP contribution in [0.1, 0.15) is 5.56 Å². The summed E-state index contributed by atoms with van der Waals surface area (Å²) in [5, 5.41) is 0.522. The second-order valence-corrected chi connectivity index (χ2v) is 7.83. The molecular weight excluding hydrogens is 362 g/mol. The summed E-state index contributed by atoms with van der Waals surface area (Å²) in [5.41, 5.74) is 0.729. The van der Waals surface area contributed by atoms with E-state index in [9.17, 15) is 8.42 Å². The van der Waals surface area contributed by atoms with Gasteiger partial charge in [0.1, 0.15) is 13.2 Å². The van der Waals surface area contributed by atoms with Crippen molar-refractivity contribution in [3.05, 3.63) is 65.7 Å². The second-order valence-electron chi connectivity index (χ2n) is 5.48. The minimum absolute atomic E-state index is 0.144. The van der Waals surface area contributed by atoms with E-state index in [2.05, 4.69) is 6.58 Å². The van der Waals surface area contributed by atoms with Crippen molar-refractivity contribution in [2.24, 2.45) is 0 Å². The SMILES string of the molecule is C=CCN(Cc1ccccc1Cl)S(=O)(=O)c1ccc2c(c1)OCCO2. The standard InChI is InChI=1S/C18H18ClNO4S/c1-2-9-20(13-14-5-3-4-6-16(14)19)25(21,22)15-7-8-17-18(12-15)24-11-10-23-17/h2-8,12H,1,9-11,13H2. The summed E-state index contributed by atoms with van der Waals surface area (Å²) in [7, 11) is -3.74. The number of rotatable bonds is 6. The van der Waals surface area contributed by atoms with Crippen LogP contribution in [0.15, 0.2) is 60.0 Å². The van der Waals surface area contributed by atoms with Crippen LogP contribution in [-0.2, 0) is 16.6 Å². The summed E-state index contributed by atoms with van der Waals surface area (Å²) >= 11 is 6.18. The summed E-state index contributed by atoms with van der Waals surface area (Å²) in [6, 6.07) is 11.8. The number of hydrogen-bond acceptors (Lipinski definition) is 4. The van der Waals surface area contributed by atoms with Crippen molar-refractivity contribution in [1.82, 2.24) is 4.31 Å². The fourth-order valence-corrected chi connectivity index (χ4v) is 4.14. The molecule has 25 heavy (non-hydrogen) atoms. The lowest BCUT2D eigenvalue weighted by Gasteiger charge is -2.23. The van der Waals surface area contributed by atoms with E-state index >= 15 is 0 Å². The molecule has 3 rings (SSSR count). The van der Waals surface area contributed by atoms with Gasteiger partial charge in [0.25, 0.3) is 0 Å². The van der Waals surface area contributed by atoms with Gasteiger partial charge in [-0.25, -0.2) is 8.42 Å². The van der Waals surface area contributed by atoms with Gasteiger partial charge in [0.05, 0.1) is 4.90 Å². The summed E-state index contributed by atoms with van der Waals surface area (Å²) in [6.45, 7) is 4.83. The van der Waals surface area contributed by atoms with Crippen molar-refractivity contribution >= 4 is 21.6 Å². The van der Waals surface area contributed by atoms with Gasteiger partial charge < -0.3 is 9.47 Å². The summed E-state index contributed by atoms with van der Waals surface area (Å²) in [4.78, 5) is 0.144. The molecule has 2 aromatic carbocycles. The third-order valence-electron chi connectivity index (χ3n) is 3.79. The second kappa shape index (κ2) is 7.47. The van der Waals surface area contributed by atoms with Gasteiger partial charge in [-0.15, -0.1) is 6.58 Å². The first-order valence-corrected chi connectivity index (χ1v) is 9.58. The average molecular weight is 380 g/mol. The molecule has 0 aromatic heterocycles. The van der Waals surface area contributed by atoms with Gasteiger partial charge in [0, 0.05) is 24.2 Å². The Morgan fingerprint density at radius 1 is 1.12 bits per heavy atom. The Morgan fingerprint density at radius 2 is 1.84 bits per heavy atom. The highest BCUT2D eigenvalue weighted by Gasteiger charge is 2.26. The van der Waals surface area contributed by atoms with Gasteiger partial charge in [0.15, 0.2) is 11.5 Å². The Morgan fingerprint density at radius 3 is 2.56 bits per heavy atom. The molecule has 132 valence electrons. The van der Waals surface area contributed by atoms with Crippen LogP contribution in [0.2, 0.25) is 5.02 Å². The van der Waals surface area contributed by atoms with Gasteiger partial charge >= 0.3 is 0 Å². The number of sulfonamides is 1. The molecule has 0 bridgehead atoms. The molecule has 0 aliphatic carbocycles. The molecule has 0 N–H and O–H groups in total. The van der Waals surface area contributed by atoms with Gasteiger partial charge in [-0.3, -0.25) is 0 Å². The lowest BCUT2D eigenvalue weighted by atomic mass is 10.2. The Kier molecular flexibility index (Phi) is 5.32. The molecule has 7 heteroatoms. The zero-order valence-electron chi connectivity index (χ0n) is 13.5. The third-order valence-corrected chi connectivity index (χ3v) is 5.97. The Balaban J connectivity index is 1.94. The first kappa shape index (κ1) is 17.8. The van der Waals surface area contributed by atoms with Crippen molar-refractivity contribution in [2.75, 3.05) is 19.8 Å². The van der Waals surface area contributed by atoms with Gasteiger partial charge in [-0.2, -0.15) is 4.31 Å². The molecule has 2 aromatic rings. The fraction of sp³-hybridized carbons (Fsp3) is 0.222. The van der Waals surface area contributed by atoms with Crippen molar-refractivity contribution in [3.63, 3.8) is 0 Å². The van der Waals surface area contributed by atoms with Gasteiger partial charge in [-0.1, -0.05) is 35.9 Å². The molecular formula is C18H18ClNO4S. The van der Waals surface area contributed by atoms with Crippen molar-refractivity contribution in [1.29, 1.82) is 0 Å². The van der Waals surface area contributed by atoms with Crippen LogP contribution in [0, 0.1) is 0 Å². The van der Waals surface area contributed by atoms with Crippen molar-refractivity contribution in [2.45, 2.75) is 11.4 Å². The largest absolute Gasteiger partial charge is 0.486 e. The average Bonchev–Trinajstić information content (AvgIpc) is 2.62. The molecule has 0 unspecified atom stereocenters. The number of halogens is 1. The molecule has 1 aliphatic rings. The number of hydrogen-bond donors (Lipinski definition) is 0. The normalized spacial score (nSPS) is 13.7. The van der Waals surface area contributed by atoms with E-state index < -0.39 is 10.0 Å². The molecule has 0 fully saturated rings. The molecule has 0 radical (unpaired) electrons. The maximum atomic E-state index is 13.1. The van der Waals surface area contributed by atoms with E-state index in [0.717, 1.165) is 5.56 Å². The highest BCUT2D eigenvalue weighted by Crippen LogP contribution is 2.33. The Hall–Kier alpha value is -2.02. The smallest absolute Gasteiger partial charge is 0.243 e. The van der Waals surface area contributed by atoms with Crippen LogP contribution in [-0.4, -0.2) is 32.5 Å². The third kappa shape index (κ3) is 3.81. The van der Waals surface area contributed by atoms with Crippen LogP contribution >= 0.6 is 11.6 Å². The van der Waals surface area contributed by atoms with Crippen LogP contribution in [0.4, 0.5) is 0 Å². The summed E-state index contributed by atoms with van der Waals surface area (Å²) in [6.07, 6.45) is 1.55. The number of ether oxygens (including phenoxy) is 2. The van der Waals surface area contributed by atoms with Gasteiger partial charge in [-0.05, 0) is 23.8 Å². The zero-order valence-corrected chi connectivity index (χ0v) is 15.1. The Bertz CT molecular complexity index is 882. The van der Waals surface area contributed by atoms with E-state index in [1.807, 2.05) is 6.07 Å². The lowest BCUT2D eigenvalue weighted by molar-refractivity contribution is 0.171. The predicted molar refractivity (Wildman–Crippen MR) is 96.7 cm³/mol. The maximum absolute atomic E-state index is 13.1. The lowest BCUT2D eigenvalue weighted by Crippen LogP contribution is -2.31. The topological polar surface area (TPSA) is 55.8 Å². The quantitative estimate of drug-likeness (QED) is 0.721. The molecule has 5 nitrogen and oxygen atoms in total. The number of nitrogens with zero attached hydrogens (tertiary/aromatic N) is 1. The number of benzene rings is 2. The van der Waals surface area contributed by atoms with Gasteiger partial charge in [0.2, 0.25) is 10.0 Å². The zero-order chi connectivity index (χ0) is 17.9. The first-order chi connectivity index (χ1) is 12.0. The minimum atomic E-state index is -3.74. The summed E-state index contributed by atoms with van der Waals surface area (Å²) < 4.78 is 38.4. The molecule has 1 aliphatic heterocycles. The molecule has 0 atom stereocenters. The van der Waals surface area contributed by atoms with E-state index in [1.54, 1.807) is 30.3 Å². The molecule has 0 spiro atoms. The van der Waals surface area contributed by atoms with Crippen LogP contribution < -0.4 is 9.47 Å². The van der Waals surface area contributed by atoms with E-state index in [4.69, 9.17) is 21.1 Å². The fourth-order valence-electron chi connectivity index (χ4n) is 2.54. The first-order valence-electron chi connectivity index (χ1n) is 7.76. The Labute approximate surface area is 152 Å². The molecule has 0 amide bonds. The van der Waals surface area contributed by atoms with Crippen molar-refractivity contribution < 1.29 is 17.9 Å². The molecule has 0 saturated heterocycles. The monoisotopic (exact) mass is 379 g/mol. The maximum Gasteiger partial charge on any atom is 0.243 e. The molecule has 1 heterocycles. The van der Waals surface area contributed by atoms with E-state index in [0.29, 0.717) is 29.7 Å².